The molecule has 0 unspecified atom stereocenters. The Kier molecular flexibility index (Phi) is 3.38. The maximum atomic E-state index is 12.8. The maximum absolute atomic E-state index is 12.8. The third-order valence-corrected chi connectivity index (χ3v) is 5.61. The highest BCUT2D eigenvalue weighted by Gasteiger charge is 2.40. The van der Waals surface area contributed by atoms with E-state index in [0.717, 1.165) is 4.31 Å². The second kappa shape index (κ2) is 5.09. The highest BCUT2D eigenvalue weighted by molar-refractivity contribution is 7.89. The first-order chi connectivity index (χ1) is 10.0. The van der Waals surface area contributed by atoms with Gasteiger partial charge < -0.3 is 5.11 Å². The van der Waals surface area contributed by atoms with E-state index in [1.807, 2.05) is 0 Å². The van der Waals surface area contributed by atoms with Crippen LogP contribution in [0.1, 0.15) is 12.8 Å². The molecule has 0 saturated carbocycles. The number of aromatic nitrogens is 1. The van der Waals surface area contributed by atoms with Crippen LogP contribution in [-0.4, -0.2) is 41.4 Å². The van der Waals surface area contributed by atoms with Crippen molar-refractivity contribution in [2.45, 2.75) is 23.8 Å². The predicted octanol–water partition coefficient (Wildman–Crippen LogP) is 1.47. The summed E-state index contributed by atoms with van der Waals surface area (Å²) in [5.41, 5.74) is 0.371. The molecule has 1 atom stereocenters. The zero-order valence-corrected chi connectivity index (χ0v) is 12.0. The second-order valence-electron chi connectivity index (χ2n) is 4.94. The normalized spacial score (nSPS) is 19.9. The van der Waals surface area contributed by atoms with E-state index in [4.69, 9.17) is 0 Å². The van der Waals surface area contributed by atoms with Crippen LogP contribution in [-0.2, 0) is 14.8 Å². The lowest BCUT2D eigenvalue weighted by Crippen LogP contribution is -2.40. The number of fused-ring (bicyclic) bond motifs is 1. The van der Waals surface area contributed by atoms with Gasteiger partial charge in [-0.2, -0.15) is 4.31 Å². The molecule has 0 aliphatic carbocycles. The zero-order valence-electron chi connectivity index (χ0n) is 11.1. The van der Waals surface area contributed by atoms with Crippen molar-refractivity contribution in [1.82, 2.24) is 9.29 Å². The number of carbonyl (C=O) groups is 1. The van der Waals surface area contributed by atoms with Crippen molar-refractivity contribution < 1.29 is 18.3 Å². The van der Waals surface area contributed by atoms with E-state index in [0.29, 0.717) is 23.7 Å². The van der Waals surface area contributed by atoms with E-state index < -0.39 is 22.0 Å². The molecule has 1 fully saturated rings. The first-order valence-corrected chi connectivity index (χ1v) is 8.04. The average molecular weight is 306 g/mol. The van der Waals surface area contributed by atoms with Crippen molar-refractivity contribution in [3.05, 3.63) is 36.5 Å². The number of carboxylic acid groups (broad SMARTS) is 1. The van der Waals surface area contributed by atoms with Crippen LogP contribution in [0, 0.1) is 0 Å². The van der Waals surface area contributed by atoms with E-state index in [9.17, 15) is 18.3 Å². The van der Waals surface area contributed by atoms with Gasteiger partial charge in [0.2, 0.25) is 10.0 Å². The van der Waals surface area contributed by atoms with Crippen LogP contribution in [0.4, 0.5) is 0 Å². The van der Waals surface area contributed by atoms with Gasteiger partial charge in [0.1, 0.15) is 10.9 Å². The minimum Gasteiger partial charge on any atom is -0.480 e. The molecule has 0 radical (unpaired) electrons. The topological polar surface area (TPSA) is 87.6 Å². The van der Waals surface area contributed by atoms with Crippen LogP contribution in [0.2, 0.25) is 0 Å². The second-order valence-corrected chi connectivity index (χ2v) is 6.80. The number of aliphatic carboxylic acids is 1. The lowest BCUT2D eigenvalue weighted by atomic mass is 10.2. The van der Waals surface area contributed by atoms with Gasteiger partial charge in [0, 0.05) is 18.1 Å². The summed E-state index contributed by atoms with van der Waals surface area (Å²) in [4.78, 5) is 15.4. The number of hydrogen-bond acceptors (Lipinski definition) is 4. The van der Waals surface area contributed by atoms with Gasteiger partial charge in [0.05, 0.1) is 5.52 Å². The van der Waals surface area contributed by atoms with Crippen LogP contribution in [0.3, 0.4) is 0 Å². The first kappa shape index (κ1) is 14.0. The van der Waals surface area contributed by atoms with Crippen molar-refractivity contribution in [2.75, 3.05) is 6.54 Å². The maximum Gasteiger partial charge on any atom is 0.322 e. The van der Waals surface area contributed by atoms with Gasteiger partial charge in [0.15, 0.2) is 0 Å². The van der Waals surface area contributed by atoms with Gasteiger partial charge in [0.25, 0.3) is 0 Å². The molecule has 2 heterocycles. The van der Waals surface area contributed by atoms with Crippen molar-refractivity contribution in [3.8, 4) is 0 Å². The van der Waals surface area contributed by atoms with Crippen molar-refractivity contribution in [2.24, 2.45) is 0 Å². The van der Waals surface area contributed by atoms with Crippen molar-refractivity contribution >= 4 is 26.9 Å². The third kappa shape index (κ3) is 2.28. The Morgan fingerprint density at radius 1 is 1.29 bits per heavy atom. The smallest absolute Gasteiger partial charge is 0.322 e. The molecule has 110 valence electrons. The molecule has 0 bridgehead atoms. The molecule has 1 aliphatic rings. The van der Waals surface area contributed by atoms with Crippen LogP contribution >= 0.6 is 0 Å². The average Bonchev–Trinajstić information content (AvgIpc) is 2.97. The Morgan fingerprint density at radius 2 is 2.05 bits per heavy atom. The Morgan fingerprint density at radius 3 is 2.81 bits per heavy atom. The molecule has 6 nitrogen and oxygen atoms in total. The summed E-state index contributed by atoms with van der Waals surface area (Å²) < 4.78 is 26.6. The molecule has 7 heteroatoms. The fraction of sp³-hybridized carbons (Fsp3) is 0.286. The van der Waals surface area contributed by atoms with Crippen molar-refractivity contribution in [3.63, 3.8) is 0 Å². The summed E-state index contributed by atoms with van der Waals surface area (Å²) in [6, 6.07) is 7.41. The number of benzene rings is 1. The van der Waals surface area contributed by atoms with E-state index in [2.05, 4.69) is 4.98 Å². The third-order valence-electron chi connectivity index (χ3n) is 3.67. The molecule has 1 N–H and O–H groups in total. The largest absolute Gasteiger partial charge is 0.480 e. The number of hydrogen-bond donors (Lipinski definition) is 1. The lowest BCUT2D eigenvalue weighted by molar-refractivity contribution is -0.140. The molecule has 1 saturated heterocycles. The molecule has 1 aromatic heterocycles. The number of rotatable bonds is 3. The van der Waals surface area contributed by atoms with Gasteiger partial charge in [-0.15, -0.1) is 0 Å². The zero-order chi connectivity index (χ0) is 15.0. The van der Waals surface area contributed by atoms with Crippen LogP contribution in [0.15, 0.2) is 41.4 Å². The van der Waals surface area contributed by atoms with Gasteiger partial charge in [-0.1, -0.05) is 18.2 Å². The van der Waals surface area contributed by atoms with Crippen LogP contribution in [0.25, 0.3) is 10.9 Å². The molecular weight excluding hydrogens is 292 g/mol. The highest BCUT2D eigenvalue weighted by atomic mass is 32.2. The fourth-order valence-corrected chi connectivity index (χ4v) is 4.50. The molecule has 1 aromatic carbocycles. The molecule has 0 spiro atoms. The minimum atomic E-state index is -3.87. The highest BCUT2D eigenvalue weighted by Crippen LogP contribution is 2.29. The standard InChI is InChI=1S/C14H14N2O4S/c17-14(18)11-6-3-9-16(11)21(19,20)12-7-1-4-10-5-2-8-15-13(10)12/h1-2,4-5,7-8,11H,3,6,9H2,(H,17,18)/t11-/m1/s1. The number of para-hydroxylation sites is 1. The summed E-state index contributed by atoms with van der Waals surface area (Å²) in [5, 5.41) is 9.90. The van der Waals surface area contributed by atoms with Gasteiger partial charge in [-0.3, -0.25) is 9.78 Å². The SMILES string of the molecule is O=C(O)[C@H]1CCCN1S(=O)(=O)c1cccc2cccnc12. The molecular formula is C14H14N2O4S. The number of nitrogens with zero attached hydrogens (tertiary/aromatic N) is 2. The Hall–Kier alpha value is -1.99. The quantitative estimate of drug-likeness (QED) is 0.928. The first-order valence-electron chi connectivity index (χ1n) is 6.60. The Labute approximate surface area is 122 Å². The Balaban J connectivity index is 2.15. The summed E-state index contributed by atoms with van der Waals surface area (Å²) >= 11 is 0. The lowest BCUT2D eigenvalue weighted by Gasteiger charge is -2.21. The van der Waals surface area contributed by atoms with E-state index in [1.165, 1.54) is 12.3 Å². The minimum absolute atomic E-state index is 0.0637. The predicted molar refractivity (Wildman–Crippen MR) is 76.3 cm³/mol. The number of carboxylic acids is 1. The van der Waals surface area contributed by atoms with Crippen LogP contribution < -0.4 is 0 Å². The summed E-state index contributed by atoms with van der Waals surface area (Å²) in [6.07, 6.45) is 2.42. The monoisotopic (exact) mass is 306 g/mol. The number of pyridine rings is 1. The molecule has 0 amide bonds. The van der Waals surface area contributed by atoms with Gasteiger partial charge >= 0.3 is 5.97 Å². The fourth-order valence-electron chi connectivity index (χ4n) is 2.69. The Bertz CT molecular complexity index is 798. The summed E-state index contributed by atoms with van der Waals surface area (Å²) in [7, 11) is -3.87. The summed E-state index contributed by atoms with van der Waals surface area (Å²) in [6.45, 7) is 0.225. The van der Waals surface area contributed by atoms with E-state index in [-0.39, 0.29) is 11.4 Å². The van der Waals surface area contributed by atoms with Gasteiger partial charge in [-0.05, 0) is 25.0 Å². The van der Waals surface area contributed by atoms with Crippen LogP contribution in [0.5, 0.6) is 0 Å². The number of sulfonamides is 1. The van der Waals surface area contributed by atoms with Gasteiger partial charge in [-0.25, -0.2) is 8.42 Å². The molecule has 2 aromatic rings. The summed E-state index contributed by atoms with van der Waals surface area (Å²) in [5.74, 6) is -1.11. The molecule has 21 heavy (non-hydrogen) atoms. The van der Waals surface area contributed by atoms with E-state index in [1.54, 1.807) is 24.3 Å². The molecule has 1 aliphatic heterocycles. The van der Waals surface area contributed by atoms with Crippen molar-refractivity contribution in [1.29, 1.82) is 0 Å². The van der Waals surface area contributed by atoms with E-state index >= 15 is 0 Å². The molecule has 3 rings (SSSR count).